The number of amides is 1. The van der Waals surface area contributed by atoms with Gasteiger partial charge in [0, 0.05) is 23.2 Å². The van der Waals surface area contributed by atoms with E-state index in [1.165, 1.54) is 0 Å². The van der Waals surface area contributed by atoms with Crippen molar-refractivity contribution in [3.8, 4) is 6.07 Å². The minimum atomic E-state index is -0.965. The maximum absolute atomic E-state index is 13.5. The molecule has 1 fully saturated rings. The first kappa shape index (κ1) is 25.0. The van der Waals surface area contributed by atoms with Gasteiger partial charge >= 0.3 is 0 Å². The van der Waals surface area contributed by atoms with Crippen LogP contribution < -0.4 is 5.32 Å². The van der Waals surface area contributed by atoms with Crippen LogP contribution in [0.25, 0.3) is 10.9 Å². The molecule has 0 aliphatic heterocycles. The fourth-order valence-electron chi connectivity index (χ4n) is 5.03. The van der Waals surface area contributed by atoms with Crippen LogP contribution in [0.2, 0.25) is 0 Å². The molecule has 1 saturated carbocycles. The highest BCUT2D eigenvalue weighted by atomic mass is 16.3. The average molecular weight is 452 g/mol. The standard InChI is InChI=1S/C27H37N3O3/c1-18(2)13-21(16-28)29-26(32)22-11-7-5-9-19(22)15-25(31)24-14-20-10-6-8-12-23(20)30(24)17-27(3,4)33/h6,8,10,12,14,18-19,21-22,33H,5,7,9,11,13,15,17H2,1-4H3,(H,29,32)/t19-,21+,22-/m1/s1. The Bertz CT molecular complexity index is 1030. The van der Waals surface area contributed by atoms with E-state index in [1.807, 2.05) is 48.7 Å². The smallest absolute Gasteiger partial charge is 0.224 e. The third-order valence-corrected chi connectivity index (χ3v) is 6.51. The number of nitrogens with zero attached hydrogens (tertiary/aromatic N) is 2. The number of carbonyl (C=O) groups excluding carboxylic acids is 2. The number of hydrogen-bond donors (Lipinski definition) is 2. The molecule has 6 nitrogen and oxygen atoms in total. The molecule has 0 unspecified atom stereocenters. The molecule has 3 atom stereocenters. The second-order valence-electron chi connectivity index (χ2n) is 10.6. The zero-order valence-corrected chi connectivity index (χ0v) is 20.3. The molecule has 3 rings (SSSR count). The zero-order chi connectivity index (χ0) is 24.2. The second kappa shape index (κ2) is 10.5. The van der Waals surface area contributed by atoms with Crippen LogP contribution in [0.15, 0.2) is 30.3 Å². The highest BCUT2D eigenvalue weighted by Gasteiger charge is 2.34. The van der Waals surface area contributed by atoms with Crippen molar-refractivity contribution in [1.82, 2.24) is 9.88 Å². The Balaban J connectivity index is 1.81. The fraction of sp³-hybridized carbons (Fsp3) is 0.593. The van der Waals surface area contributed by atoms with Crippen LogP contribution in [-0.2, 0) is 11.3 Å². The molecule has 1 aliphatic carbocycles. The van der Waals surface area contributed by atoms with Gasteiger partial charge in [0.2, 0.25) is 5.91 Å². The Morgan fingerprint density at radius 3 is 2.61 bits per heavy atom. The van der Waals surface area contributed by atoms with Gasteiger partial charge in [-0.2, -0.15) is 5.26 Å². The average Bonchev–Trinajstić information content (AvgIpc) is 3.10. The molecule has 6 heteroatoms. The lowest BCUT2D eigenvalue weighted by Gasteiger charge is -2.31. The summed E-state index contributed by atoms with van der Waals surface area (Å²) in [5, 5.41) is 23.8. The van der Waals surface area contributed by atoms with Crippen LogP contribution in [0.4, 0.5) is 0 Å². The highest BCUT2D eigenvalue weighted by Crippen LogP contribution is 2.34. The van der Waals surface area contributed by atoms with Crippen LogP contribution in [0.5, 0.6) is 0 Å². The first-order valence-electron chi connectivity index (χ1n) is 12.1. The van der Waals surface area contributed by atoms with E-state index in [4.69, 9.17) is 0 Å². The molecule has 0 saturated heterocycles. The number of para-hydroxylation sites is 1. The third-order valence-electron chi connectivity index (χ3n) is 6.51. The van der Waals surface area contributed by atoms with Crippen molar-refractivity contribution in [1.29, 1.82) is 5.26 Å². The predicted octanol–water partition coefficient (Wildman–Crippen LogP) is 4.85. The first-order valence-corrected chi connectivity index (χ1v) is 12.1. The molecule has 0 bridgehead atoms. The molecule has 178 valence electrons. The fourth-order valence-corrected chi connectivity index (χ4v) is 5.03. The van der Waals surface area contributed by atoms with E-state index in [1.54, 1.807) is 13.8 Å². The summed E-state index contributed by atoms with van der Waals surface area (Å²) in [5.41, 5.74) is 0.538. The summed E-state index contributed by atoms with van der Waals surface area (Å²) < 4.78 is 1.91. The molecule has 2 N–H and O–H groups in total. The van der Waals surface area contributed by atoms with Gasteiger partial charge in [0.1, 0.15) is 6.04 Å². The largest absolute Gasteiger partial charge is 0.389 e. The van der Waals surface area contributed by atoms with Gasteiger partial charge in [-0.3, -0.25) is 9.59 Å². The number of benzene rings is 1. The lowest BCUT2D eigenvalue weighted by Crippen LogP contribution is -2.42. The summed E-state index contributed by atoms with van der Waals surface area (Å²) in [6.45, 7) is 7.85. The van der Waals surface area contributed by atoms with Gasteiger partial charge in [-0.25, -0.2) is 0 Å². The van der Waals surface area contributed by atoms with Crippen molar-refractivity contribution >= 4 is 22.6 Å². The highest BCUT2D eigenvalue weighted by molar-refractivity contribution is 6.00. The normalized spacial score (nSPS) is 19.9. The Labute approximate surface area is 197 Å². The SMILES string of the molecule is CC(C)C[C@@H](C#N)NC(=O)[C@@H]1CCCC[C@@H]1CC(=O)c1cc2ccccc2n1CC(C)(C)O. The maximum Gasteiger partial charge on any atom is 0.224 e. The Morgan fingerprint density at radius 1 is 1.24 bits per heavy atom. The van der Waals surface area contributed by atoms with Gasteiger partial charge in [-0.1, -0.05) is 44.9 Å². The third kappa shape index (κ3) is 6.45. The van der Waals surface area contributed by atoms with E-state index >= 15 is 0 Å². The minimum absolute atomic E-state index is 0.000774. The molecule has 0 spiro atoms. The van der Waals surface area contributed by atoms with Gasteiger partial charge in [0.15, 0.2) is 5.78 Å². The lowest BCUT2D eigenvalue weighted by molar-refractivity contribution is -0.128. The van der Waals surface area contributed by atoms with E-state index in [2.05, 4.69) is 11.4 Å². The number of ketones is 1. The van der Waals surface area contributed by atoms with Crippen molar-refractivity contribution in [2.24, 2.45) is 17.8 Å². The van der Waals surface area contributed by atoms with Gasteiger partial charge in [0.05, 0.1) is 23.9 Å². The Hall–Kier alpha value is -2.65. The molecule has 1 aromatic heterocycles. The number of nitriles is 1. The van der Waals surface area contributed by atoms with Crippen LogP contribution in [-0.4, -0.2) is 33.0 Å². The van der Waals surface area contributed by atoms with Gasteiger partial charge in [-0.15, -0.1) is 0 Å². The van der Waals surface area contributed by atoms with Gasteiger partial charge in [0.25, 0.3) is 0 Å². The number of aromatic nitrogens is 1. The molecule has 0 radical (unpaired) electrons. The molecular weight excluding hydrogens is 414 g/mol. The number of nitrogens with one attached hydrogen (secondary N) is 1. The number of hydrogen-bond acceptors (Lipinski definition) is 4. The van der Waals surface area contributed by atoms with Crippen LogP contribution in [0.3, 0.4) is 0 Å². The summed E-state index contributed by atoms with van der Waals surface area (Å²) in [4.78, 5) is 26.6. The second-order valence-corrected chi connectivity index (χ2v) is 10.6. The van der Waals surface area contributed by atoms with Crippen LogP contribution in [0.1, 0.15) is 76.7 Å². The topological polar surface area (TPSA) is 95.1 Å². The van der Waals surface area contributed by atoms with Crippen molar-refractivity contribution < 1.29 is 14.7 Å². The predicted molar refractivity (Wildman–Crippen MR) is 130 cm³/mol. The number of Topliss-reactive ketones (excluding diaryl/α,β-unsaturated/α-hetero) is 1. The maximum atomic E-state index is 13.5. The summed E-state index contributed by atoms with van der Waals surface area (Å²) in [7, 11) is 0. The van der Waals surface area contributed by atoms with Gasteiger partial charge < -0.3 is 15.0 Å². The van der Waals surface area contributed by atoms with Crippen molar-refractivity contribution in [3.63, 3.8) is 0 Å². The summed E-state index contributed by atoms with van der Waals surface area (Å²) >= 11 is 0. The molecule has 1 heterocycles. The lowest BCUT2D eigenvalue weighted by atomic mass is 9.76. The van der Waals surface area contributed by atoms with E-state index in [0.717, 1.165) is 36.6 Å². The summed E-state index contributed by atoms with van der Waals surface area (Å²) in [6, 6.07) is 11.4. The Morgan fingerprint density at radius 2 is 1.94 bits per heavy atom. The van der Waals surface area contributed by atoms with Crippen LogP contribution >= 0.6 is 0 Å². The van der Waals surface area contributed by atoms with Gasteiger partial charge in [-0.05, 0) is 57.1 Å². The number of rotatable bonds is 9. The Kier molecular flexibility index (Phi) is 7.97. The summed E-state index contributed by atoms with van der Waals surface area (Å²) in [5.74, 6) is -0.0802. The molecule has 1 amide bonds. The monoisotopic (exact) mass is 451 g/mol. The number of carbonyl (C=O) groups is 2. The van der Waals surface area contributed by atoms with Crippen LogP contribution in [0, 0.1) is 29.1 Å². The first-order chi connectivity index (χ1) is 15.6. The minimum Gasteiger partial charge on any atom is -0.389 e. The zero-order valence-electron chi connectivity index (χ0n) is 20.3. The molecule has 1 aliphatic rings. The van der Waals surface area contributed by atoms with E-state index in [9.17, 15) is 20.0 Å². The molecule has 33 heavy (non-hydrogen) atoms. The number of fused-ring (bicyclic) bond motifs is 1. The van der Waals surface area contributed by atoms with Crippen molar-refractivity contribution in [3.05, 3.63) is 36.0 Å². The molecule has 1 aromatic carbocycles. The van der Waals surface area contributed by atoms with Crippen molar-refractivity contribution in [2.75, 3.05) is 0 Å². The molecular formula is C27H37N3O3. The van der Waals surface area contributed by atoms with E-state index in [0.29, 0.717) is 31.0 Å². The summed E-state index contributed by atoms with van der Waals surface area (Å²) in [6.07, 6.45) is 4.45. The van der Waals surface area contributed by atoms with E-state index in [-0.39, 0.29) is 23.5 Å². The van der Waals surface area contributed by atoms with Crippen molar-refractivity contribution in [2.45, 2.75) is 84.4 Å². The molecule has 2 aromatic rings. The van der Waals surface area contributed by atoms with E-state index < -0.39 is 11.6 Å². The quantitative estimate of drug-likeness (QED) is 0.533. The number of aliphatic hydroxyl groups is 1.